The third kappa shape index (κ3) is 3.65. The fraction of sp³-hybridized carbons (Fsp3) is 0.889. The highest BCUT2D eigenvalue weighted by molar-refractivity contribution is 9.09. The highest BCUT2D eigenvalue weighted by Gasteiger charge is 2.18. The quantitative estimate of drug-likeness (QED) is 0.747. The Morgan fingerprint density at radius 3 is 2.92 bits per heavy atom. The van der Waals surface area contributed by atoms with Crippen LogP contribution in [0.5, 0.6) is 0 Å². The fourth-order valence-corrected chi connectivity index (χ4v) is 1.91. The summed E-state index contributed by atoms with van der Waals surface area (Å²) in [6, 6.07) is 0. The Balaban J connectivity index is 2.37. The van der Waals surface area contributed by atoms with Crippen LogP contribution in [0.15, 0.2) is 0 Å². The molecule has 0 spiro atoms. The Labute approximate surface area is 87.2 Å². The van der Waals surface area contributed by atoms with Crippen molar-refractivity contribution in [2.45, 2.75) is 31.8 Å². The molecule has 0 bridgehead atoms. The van der Waals surface area contributed by atoms with Crippen LogP contribution in [-0.4, -0.2) is 40.4 Å². The number of rotatable bonds is 2. The van der Waals surface area contributed by atoms with Gasteiger partial charge in [0.2, 0.25) is 5.91 Å². The van der Waals surface area contributed by atoms with Gasteiger partial charge in [0.05, 0.1) is 6.10 Å². The molecule has 1 atom stereocenters. The van der Waals surface area contributed by atoms with Gasteiger partial charge in [0.15, 0.2) is 0 Å². The largest absolute Gasteiger partial charge is 0.393 e. The van der Waals surface area contributed by atoms with Crippen molar-refractivity contribution in [3.8, 4) is 0 Å². The Morgan fingerprint density at radius 2 is 2.23 bits per heavy atom. The summed E-state index contributed by atoms with van der Waals surface area (Å²) in [7, 11) is 0. The summed E-state index contributed by atoms with van der Waals surface area (Å²) in [5.74, 6) is 0.200. The molecule has 1 saturated heterocycles. The highest BCUT2D eigenvalue weighted by Crippen LogP contribution is 2.11. The van der Waals surface area contributed by atoms with Gasteiger partial charge in [-0.2, -0.15) is 0 Å². The van der Waals surface area contributed by atoms with E-state index in [0.29, 0.717) is 13.0 Å². The molecule has 0 aromatic rings. The van der Waals surface area contributed by atoms with Crippen LogP contribution in [0.4, 0.5) is 0 Å². The van der Waals surface area contributed by atoms with Gasteiger partial charge >= 0.3 is 0 Å². The van der Waals surface area contributed by atoms with Gasteiger partial charge in [-0.3, -0.25) is 4.79 Å². The molecular formula is C9H16BrNO2. The average molecular weight is 250 g/mol. The van der Waals surface area contributed by atoms with Crippen LogP contribution in [-0.2, 0) is 4.79 Å². The Morgan fingerprint density at radius 1 is 1.46 bits per heavy atom. The molecule has 1 N–H and O–H groups in total. The molecule has 4 heteroatoms. The standard InChI is InChI=1S/C9H16BrNO2/c10-5-3-9(13)11-6-1-2-8(12)4-7-11/h8,12H,1-7H2. The number of amides is 1. The minimum absolute atomic E-state index is 0.200. The Kier molecular flexibility index (Phi) is 4.73. The minimum atomic E-state index is -0.207. The minimum Gasteiger partial charge on any atom is -0.393 e. The zero-order valence-corrected chi connectivity index (χ0v) is 9.29. The molecule has 1 amide bonds. The Bertz CT molecular complexity index is 175. The molecule has 1 rings (SSSR count). The monoisotopic (exact) mass is 249 g/mol. The van der Waals surface area contributed by atoms with Gasteiger partial charge in [-0.05, 0) is 19.3 Å². The number of alkyl halides is 1. The van der Waals surface area contributed by atoms with E-state index >= 15 is 0 Å². The van der Waals surface area contributed by atoms with E-state index < -0.39 is 0 Å². The van der Waals surface area contributed by atoms with Crippen molar-refractivity contribution in [1.29, 1.82) is 0 Å². The molecule has 1 aliphatic rings. The SMILES string of the molecule is O=C(CCBr)N1CCCC(O)CC1. The number of hydrogen-bond acceptors (Lipinski definition) is 2. The van der Waals surface area contributed by atoms with Crippen LogP contribution in [0.3, 0.4) is 0 Å². The van der Waals surface area contributed by atoms with E-state index in [1.807, 2.05) is 4.90 Å². The topological polar surface area (TPSA) is 40.5 Å². The van der Waals surface area contributed by atoms with Crippen molar-refractivity contribution in [2.24, 2.45) is 0 Å². The van der Waals surface area contributed by atoms with E-state index in [2.05, 4.69) is 15.9 Å². The van der Waals surface area contributed by atoms with Gasteiger partial charge in [0.25, 0.3) is 0 Å². The predicted molar refractivity (Wildman–Crippen MR) is 54.8 cm³/mol. The number of carbonyl (C=O) groups excluding carboxylic acids is 1. The predicted octanol–water partition coefficient (Wildman–Crippen LogP) is 1.14. The summed E-state index contributed by atoms with van der Waals surface area (Å²) in [5, 5.41) is 10.1. The second-order valence-electron chi connectivity index (χ2n) is 3.40. The van der Waals surface area contributed by atoms with E-state index in [-0.39, 0.29) is 12.0 Å². The molecule has 0 aromatic heterocycles. The van der Waals surface area contributed by atoms with Crippen LogP contribution in [0, 0.1) is 0 Å². The summed E-state index contributed by atoms with van der Waals surface area (Å²) in [6.07, 6.45) is 2.85. The summed E-state index contributed by atoms with van der Waals surface area (Å²) in [4.78, 5) is 13.3. The number of halogens is 1. The van der Waals surface area contributed by atoms with Crippen molar-refractivity contribution < 1.29 is 9.90 Å². The number of hydrogen-bond donors (Lipinski definition) is 1. The lowest BCUT2D eigenvalue weighted by Gasteiger charge is -2.19. The second-order valence-corrected chi connectivity index (χ2v) is 4.20. The lowest BCUT2D eigenvalue weighted by molar-refractivity contribution is -0.130. The van der Waals surface area contributed by atoms with Crippen LogP contribution >= 0.6 is 15.9 Å². The molecule has 0 radical (unpaired) electrons. The first kappa shape index (κ1) is 11.0. The molecule has 0 saturated carbocycles. The maximum Gasteiger partial charge on any atom is 0.223 e. The van der Waals surface area contributed by atoms with Crippen LogP contribution < -0.4 is 0 Å². The van der Waals surface area contributed by atoms with Crippen molar-refractivity contribution in [3.05, 3.63) is 0 Å². The summed E-state index contributed by atoms with van der Waals surface area (Å²) < 4.78 is 0. The van der Waals surface area contributed by atoms with Crippen LogP contribution in [0.25, 0.3) is 0 Å². The van der Waals surface area contributed by atoms with Gasteiger partial charge in [-0.25, -0.2) is 0 Å². The molecule has 1 aliphatic heterocycles. The van der Waals surface area contributed by atoms with Gasteiger partial charge in [-0.15, -0.1) is 0 Å². The number of aliphatic hydroxyl groups is 1. The first-order valence-corrected chi connectivity index (χ1v) is 5.88. The molecule has 1 unspecified atom stereocenters. The third-order valence-corrected chi connectivity index (χ3v) is 2.76. The highest BCUT2D eigenvalue weighted by atomic mass is 79.9. The molecule has 1 heterocycles. The van der Waals surface area contributed by atoms with Crippen molar-refractivity contribution in [1.82, 2.24) is 4.90 Å². The maximum atomic E-state index is 11.5. The molecule has 3 nitrogen and oxygen atoms in total. The zero-order valence-electron chi connectivity index (χ0n) is 7.71. The van der Waals surface area contributed by atoms with E-state index in [0.717, 1.165) is 31.1 Å². The summed E-state index contributed by atoms with van der Waals surface area (Å²) >= 11 is 3.25. The van der Waals surface area contributed by atoms with E-state index in [1.54, 1.807) is 0 Å². The van der Waals surface area contributed by atoms with E-state index in [9.17, 15) is 9.90 Å². The smallest absolute Gasteiger partial charge is 0.223 e. The first-order valence-electron chi connectivity index (χ1n) is 4.76. The number of likely N-dealkylation sites (tertiary alicyclic amines) is 1. The van der Waals surface area contributed by atoms with Gasteiger partial charge in [0, 0.05) is 24.8 Å². The van der Waals surface area contributed by atoms with Crippen LogP contribution in [0.2, 0.25) is 0 Å². The summed E-state index contributed by atoms with van der Waals surface area (Å²) in [5.41, 5.74) is 0. The van der Waals surface area contributed by atoms with Crippen molar-refractivity contribution in [3.63, 3.8) is 0 Å². The van der Waals surface area contributed by atoms with Gasteiger partial charge in [-0.1, -0.05) is 15.9 Å². The number of nitrogens with zero attached hydrogens (tertiary/aromatic N) is 1. The third-order valence-electron chi connectivity index (χ3n) is 2.36. The maximum absolute atomic E-state index is 11.5. The van der Waals surface area contributed by atoms with Gasteiger partial charge < -0.3 is 10.0 Å². The van der Waals surface area contributed by atoms with E-state index in [4.69, 9.17) is 0 Å². The first-order chi connectivity index (χ1) is 6.24. The average Bonchev–Trinajstić information content (AvgIpc) is 2.30. The molecular weight excluding hydrogens is 234 g/mol. The normalized spacial score (nSPS) is 24.2. The fourth-order valence-electron chi connectivity index (χ4n) is 1.57. The number of aliphatic hydroxyl groups excluding tert-OH is 1. The number of carbonyl (C=O) groups is 1. The molecule has 0 aliphatic carbocycles. The van der Waals surface area contributed by atoms with E-state index in [1.165, 1.54) is 0 Å². The molecule has 1 fully saturated rings. The zero-order chi connectivity index (χ0) is 9.68. The molecule has 76 valence electrons. The Hall–Kier alpha value is -0.0900. The molecule has 0 aromatic carbocycles. The summed E-state index contributed by atoms with van der Waals surface area (Å²) in [6.45, 7) is 1.52. The van der Waals surface area contributed by atoms with Crippen molar-refractivity contribution >= 4 is 21.8 Å². The lowest BCUT2D eigenvalue weighted by atomic mass is 10.2. The lowest BCUT2D eigenvalue weighted by Crippen LogP contribution is -2.32. The van der Waals surface area contributed by atoms with Crippen LogP contribution in [0.1, 0.15) is 25.7 Å². The van der Waals surface area contributed by atoms with Crippen molar-refractivity contribution in [2.75, 3.05) is 18.4 Å². The van der Waals surface area contributed by atoms with Gasteiger partial charge in [0.1, 0.15) is 0 Å². The second kappa shape index (κ2) is 5.60. The molecule has 13 heavy (non-hydrogen) atoms.